The molecule has 0 radical (unpaired) electrons. The lowest BCUT2D eigenvalue weighted by atomic mass is 9.89. The predicted octanol–water partition coefficient (Wildman–Crippen LogP) is 2.20. The third kappa shape index (κ3) is 3.37. The fraction of sp³-hybridized carbons (Fsp3) is 0.625. The van der Waals surface area contributed by atoms with Crippen molar-refractivity contribution in [3.8, 4) is 0 Å². The van der Waals surface area contributed by atoms with E-state index in [0.29, 0.717) is 13.0 Å². The molecule has 2 N–H and O–H groups in total. The van der Waals surface area contributed by atoms with Gasteiger partial charge in [-0.1, -0.05) is 25.1 Å². The van der Waals surface area contributed by atoms with Gasteiger partial charge in [-0.15, -0.1) is 0 Å². The van der Waals surface area contributed by atoms with E-state index in [0.717, 1.165) is 31.7 Å². The molecule has 1 aliphatic heterocycles. The largest absolute Gasteiger partial charge is 0.376 e. The van der Waals surface area contributed by atoms with Crippen LogP contribution in [-0.2, 0) is 11.2 Å². The molecule has 0 aliphatic carbocycles. The maximum Gasteiger partial charge on any atom is 0.126 e. The first-order valence-electron chi connectivity index (χ1n) is 7.39. The van der Waals surface area contributed by atoms with Crippen molar-refractivity contribution in [1.29, 1.82) is 0 Å². The minimum absolute atomic E-state index is 0.146. The summed E-state index contributed by atoms with van der Waals surface area (Å²) < 4.78 is 19.6. The van der Waals surface area contributed by atoms with Gasteiger partial charge >= 0.3 is 0 Å². The highest BCUT2D eigenvalue weighted by atomic mass is 19.1. The number of nitrogens with zero attached hydrogens (tertiary/aromatic N) is 1. The summed E-state index contributed by atoms with van der Waals surface area (Å²) in [6, 6.07) is 6.96. The van der Waals surface area contributed by atoms with Crippen LogP contribution in [0, 0.1) is 5.82 Å². The van der Waals surface area contributed by atoms with Crippen LogP contribution in [0.5, 0.6) is 0 Å². The molecule has 0 aromatic heterocycles. The molecule has 4 heteroatoms. The fourth-order valence-electron chi connectivity index (χ4n) is 2.82. The van der Waals surface area contributed by atoms with E-state index in [1.54, 1.807) is 6.07 Å². The Morgan fingerprint density at radius 2 is 2.20 bits per heavy atom. The highest BCUT2D eigenvalue weighted by Gasteiger charge is 2.34. The van der Waals surface area contributed by atoms with Crippen LogP contribution in [0.4, 0.5) is 4.39 Å². The third-order valence-corrected chi connectivity index (χ3v) is 4.33. The monoisotopic (exact) mass is 280 g/mol. The predicted molar refractivity (Wildman–Crippen MR) is 79.2 cm³/mol. The number of rotatable bonds is 5. The van der Waals surface area contributed by atoms with Crippen molar-refractivity contribution < 1.29 is 9.13 Å². The number of morpholine rings is 1. The van der Waals surface area contributed by atoms with Crippen molar-refractivity contribution in [3.63, 3.8) is 0 Å². The second-order valence-electron chi connectivity index (χ2n) is 5.82. The SMILES string of the molecule is CCC1CN(C(C)(CN)Cc2ccccc2F)CCO1. The van der Waals surface area contributed by atoms with Crippen LogP contribution in [0.3, 0.4) is 0 Å². The van der Waals surface area contributed by atoms with Crippen molar-refractivity contribution in [3.05, 3.63) is 35.6 Å². The molecule has 1 aromatic carbocycles. The topological polar surface area (TPSA) is 38.5 Å². The van der Waals surface area contributed by atoms with E-state index in [9.17, 15) is 4.39 Å². The zero-order chi connectivity index (χ0) is 14.6. The first kappa shape index (κ1) is 15.4. The van der Waals surface area contributed by atoms with Gasteiger partial charge < -0.3 is 10.5 Å². The van der Waals surface area contributed by atoms with Gasteiger partial charge in [-0.25, -0.2) is 4.39 Å². The van der Waals surface area contributed by atoms with Crippen LogP contribution < -0.4 is 5.73 Å². The highest BCUT2D eigenvalue weighted by Crippen LogP contribution is 2.24. The smallest absolute Gasteiger partial charge is 0.126 e. The third-order valence-electron chi connectivity index (χ3n) is 4.33. The minimum atomic E-state index is -0.223. The first-order chi connectivity index (χ1) is 9.59. The lowest BCUT2D eigenvalue weighted by Crippen LogP contribution is -2.58. The van der Waals surface area contributed by atoms with Crippen molar-refractivity contribution in [2.45, 2.75) is 38.3 Å². The quantitative estimate of drug-likeness (QED) is 0.898. The van der Waals surface area contributed by atoms with Gasteiger partial charge in [-0.3, -0.25) is 4.90 Å². The minimum Gasteiger partial charge on any atom is -0.376 e. The molecule has 0 amide bonds. The summed E-state index contributed by atoms with van der Waals surface area (Å²) in [7, 11) is 0. The van der Waals surface area contributed by atoms with Crippen LogP contribution in [0.2, 0.25) is 0 Å². The summed E-state index contributed by atoms with van der Waals surface area (Å²) in [6.45, 7) is 7.22. The van der Waals surface area contributed by atoms with Gasteiger partial charge in [-0.2, -0.15) is 0 Å². The molecule has 1 aliphatic rings. The second kappa shape index (κ2) is 6.66. The highest BCUT2D eigenvalue weighted by molar-refractivity contribution is 5.20. The Labute approximate surface area is 120 Å². The summed E-state index contributed by atoms with van der Waals surface area (Å²) in [6.07, 6.45) is 1.89. The van der Waals surface area contributed by atoms with E-state index in [4.69, 9.17) is 10.5 Å². The van der Waals surface area contributed by atoms with Crippen LogP contribution in [0.15, 0.2) is 24.3 Å². The number of nitrogens with two attached hydrogens (primary N) is 1. The van der Waals surface area contributed by atoms with Gasteiger partial charge in [0, 0.05) is 25.2 Å². The number of hydrogen-bond donors (Lipinski definition) is 1. The average molecular weight is 280 g/mol. The molecular weight excluding hydrogens is 255 g/mol. The Morgan fingerprint density at radius 1 is 1.45 bits per heavy atom. The maximum absolute atomic E-state index is 13.9. The summed E-state index contributed by atoms with van der Waals surface area (Å²) >= 11 is 0. The van der Waals surface area contributed by atoms with Gasteiger partial charge in [0.25, 0.3) is 0 Å². The van der Waals surface area contributed by atoms with E-state index >= 15 is 0 Å². The van der Waals surface area contributed by atoms with E-state index in [-0.39, 0.29) is 17.5 Å². The molecule has 1 fully saturated rings. The summed E-state index contributed by atoms with van der Waals surface area (Å²) in [4.78, 5) is 2.36. The molecule has 20 heavy (non-hydrogen) atoms. The Hall–Kier alpha value is -0.970. The lowest BCUT2D eigenvalue weighted by Gasteiger charge is -2.45. The van der Waals surface area contributed by atoms with Crippen molar-refractivity contribution in [2.75, 3.05) is 26.2 Å². The number of benzene rings is 1. The van der Waals surface area contributed by atoms with Crippen LogP contribution in [-0.4, -0.2) is 42.8 Å². The first-order valence-corrected chi connectivity index (χ1v) is 7.39. The molecule has 0 saturated carbocycles. The molecule has 3 nitrogen and oxygen atoms in total. The zero-order valence-corrected chi connectivity index (χ0v) is 12.4. The Kier molecular flexibility index (Phi) is 5.13. The molecule has 1 heterocycles. The molecule has 2 rings (SSSR count). The van der Waals surface area contributed by atoms with E-state index in [2.05, 4.69) is 18.7 Å². The second-order valence-corrected chi connectivity index (χ2v) is 5.82. The molecule has 1 saturated heterocycles. The van der Waals surface area contributed by atoms with E-state index in [1.807, 2.05) is 12.1 Å². The normalized spacial score (nSPS) is 23.5. The Balaban J connectivity index is 2.14. The molecule has 0 bridgehead atoms. The summed E-state index contributed by atoms with van der Waals surface area (Å²) in [5, 5.41) is 0. The average Bonchev–Trinajstić information content (AvgIpc) is 2.49. The molecule has 0 spiro atoms. The van der Waals surface area contributed by atoms with Crippen LogP contribution in [0.25, 0.3) is 0 Å². The Morgan fingerprint density at radius 3 is 2.85 bits per heavy atom. The van der Waals surface area contributed by atoms with Crippen molar-refractivity contribution in [2.24, 2.45) is 5.73 Å². The molecule has 1 aromatic rings. The standard InChI is InChI=1S/C16H25FN2O/c1-3-14-11-19(8-9-20-14)16(2,12-18)10-13-6-4-5-7-15(13)17/h4-7,14H,3,8-12,18H2,1-2H3. The summed E-state index contributed by atoms with van der Waals surface area (Å²) in [5.74, 6) is -0.146. The summed E-state index contributed by atoms with van der Waals surface area (Å²) in [5.41, 5.74) is 6.53. The van der Waals surface area contributed by atoms with Gasteiger partial charge in [0.05, 0.1) is 12.7 Å². The fourth-order valence-corrected chi connectivity index (χ4v) is 2.82. The van der Waals surface area contributed by atoms with Crippen molar-refractivity contribution >= 4 is 0 Å². The molecular formula is C16H25FN2O. The van der Waals surface area contributed by atoms with Crippen LogP contribution in [0.1, 0.15) is 25.8 Å². The zero-order valence-electron chi connectivity index (χ0n) is 12.4. The molecule has 2 unspecified atom stereocenters. The number of hydrogen-bond acceptors (Lipinski definition) is 3. The van der Waals surface area contributed by atoms with Gasteiger partial charge in [0.1, 0.15) is 5.82 Å². The van der Waals surface area contributed by atoms with Crippen molar-refractivity contribution in [1.82, 2.24) is 4.90 Å². The molecule has 2 atom stereocenters. The van der Waals surface area contributed by atoms with E-state index in [1.165, 1.54) is 6.07 Å². The van der Waals surface area contributed by atoms with E-state index < -0.39 is 0 Å². The number of halogens is 1. The van der Waals surface area contributed by atoms with Gasteiger partial charge in [-0.05, 0) is 31.4 Å². The number of ether oxygens (including phenoxy) is 1. The lowest BCUT2D eigenvalue weighted by molar-refractivity contribution is -0.0649. The maximum atomic E-state index is 13.9. The van der Waals surface area contributed by atoms with Gasteiger partial charge in [0.2, 0.25) is 0 Å². The Bertz CT molecular complexity index is 440. The van der Waals surface area contributed by atoms with Crippen LogP contribution >= 0.6 is 0 Å². The molecule has 112 valence electrons. The van der Waals surface area contributed by atoms with Gasteiger partial charge in [0.15, 0.2) is 0 Å².